The molecule has 92 valence electrons. The van der Waals surface area contributed by atoms with Crippen molar-refractivity contribution in [2.24, 2.45) is 0 Å². The molecule has 1 amide bonds. The van der Waals surface area contributed by atoms with Gasteiger partial charge < -0.3 is 14.7 Å². The van der Waals surface area contributed by atoms with Crippen molar-refractivity contribution in [1.82, 2.24) is 9.80 Å². The number of morpholine rings is 1. The monoisotopic (exact) mass is 228 g/mol. The summed E-state index contributed by atoms with van der Waals surface area (Å²) in [5.41, 5.74) is 0. The number of aliphatic hydroxyl groups excluding tert-OH is 1. The van der Waals surface area contributed by atoms with Gasteiger partial charge >= 0.3 is 0 Å². The van der Waals surface area contributed by atoms with Crippen LogP contribution in [0.2, 0.25) is 0 Å². The Morgan fingerprint density at radius 2 is 2.25 bits per heavy atom. The summed E-state index contributed by atoms with van der Waals surface area (Å²) in [4.78, 5) is 15.8. The number of hydrogen-bond donors (Lipinski definition) is 1. The Hall–Kier alpha value is -0.650. The van der Waals surface area contributed by atoms with E-state index in [0.717, 1.165) is 19.5 Å². The van der Waals surface area contributed by atoms with E-state index >= 15 is 0 Å². The van der Waals surface area contributed by atoms with Crippen molar-refractivity contribution in [1.29, 1.82) is 0 Å². The molecule has 5 nitrogen and oxygen atoms in total. The molecule has 0 aromatic heterocycles. The van der Waals surface area contributed by atoms with Gasteiger partial charge in [0.1, 0.15) is 0 Å². The molecule has 2 fully saturated rings. The van der Waals surface area contributed by atoms with Gasteiger partial charge in [-0.1, -0.05) is 0 Å². The summed E-state index contributed by atoms with van der Waals surface area (Å²) in [5.74, 6) is 0.205. The Balaban J connectivity index is 1.83. The van der Waals surface area contributed by atoms with E-state index in [1.165, 1.54) is 0 Å². The van der Waals surface area contributed by atoms with Crippen LogP contribution in [0.1, 0.15) is 13.3 Å². The summed E-state index contributed by atoms with van der Waals surface area (Å²) in [6.07, 6.45) is 0.990. The molecule has 2 aliphatic heterocycles. The number of hydrogen-bond acceptors (Lipinski definition) is 4. The molecular weight excluding hydrogens is 208 g/mol. The zero-order valence-corrected chi connectivity index (χ0v) is 9.76. The number of carbonyl (C=O) groups excluding carboxylic acids is 1. The molecule has 2 heterocycles. The smallest absolute Gasteiger partial charge is 0.236 e. The molecule has 0 aromatic carbocycles. The number of nitrogens with zero attached hydrogens (tertiary/aromatic N) is 2. The lowest BCUT2D eigenvalue weighted by atomic mass is 10.1. The van der Waals surface area contributed by atoms with E-state index in [-0.39, 0.29) is 24.7 Å². The quantitative estimate of drug-likeness (QED) is 0.694. The normalized spacial score (nSPS) is 31.2. The predicted octanol–water partition coefficient (Wildman–Crippen LogP) is -0.700. The van der Waals surface area contributed by atoms with Gasteiger partial charge in [-0.05, 0) is 13.3 Å². The highest BCUT2D eigenvalue weighted by molar-refractivity contribution is 5.79. The van der Waals surface area contributed by atoms with E-state index in [4.69, 9.17) is 9.84 Å². The summed E-state index contributed by atoms with van der Waals surface area (Å²) >= 11 is 0. The van der Waals surface area contributed by atoms with Gasteiger partial charge in [-0.25, -0.2) is 0 Å². The van der Waals surface area contributed by atoms with Gasteiger partial charge in [0.25, 0.3) is 0 Å². The van der Waals surface area contributed by atoms with Crippen LogP contribution < -0.4 is 0 Å². The minimum absolute atomic E-state index is 0.0289. The second-order valence-corrected chi connectivity index (χ2v) is 4.65. The van der Waals surface area contributed by atoms with Gasteiger partial charge in [-0.2, -0.15) is 0 Å². The highest BCUT2D eigenvalue weighted by Crippen LogP contribution is 2.13. The molecule has 1 N–H and O–H groups in total. The van der Waals surface area contributed by atoms with Gasteiger partial charge in [0, 0.05) is 25.7 Å². The van der Waals surface area contributed by atoms with Crippen molar-refractivity contribution in [2.75, 3.05) is 39.4 Å². The number of likely N-dealkylation sites (tertiary alicyclic amines) is 1. The summed E-state index contributed by atoms with van der Waals surface area (Å²) in [5, 5.41) is 9.05. The first kappa shape index (κ1) is 11.8. The first-order valence-electron chi connectivity index (χ1n) is 5.95. The molecule has 0 radical (unpaired) electrons. The van der Waals surface area contributed by atoms with E-state index in [1.54, 1.807) is 0 Å². The number of ether oxygens (including phenoxy) is 1. The molecule has 0 bridgehead atoms. The Kier molecular flexibility index (Phi) is 3.78. The van der Waals surface area contributed by atoms with Crippen LogP contribution >= 0.6 is 0 Å². The Labute approximate surface area is 96.0 Å². The van der Waals surface area contributed by atoms with Gasteiger partial charge in [-0.3, -0.25) is 9.69 Å². The number of aliphatic hydroxyl groups is 1. The average Bonchev–Trinajstić information content (AvgIpc) is 2.18. The van der Waals surface area contributed by atoms with Crippen LogP contribution in [0.3, 0.4) is 0 Å². The topological polar surface area (TPSA) is 53.0 Å². The molecule has 16 heavy (non-hydrogen) atoms. The number of carbonyl (C=O) groups is 1. The van der Waals surface area contributed by atoms with Crippen molar-refractivity contribution < 1.29 is 14.6 Å². The Morgan fingerprint density at radius 1 is 1.50 bits per heavy atom. The lowest BCUT2D eigenvalue weighted by Gasteiger charge is -2.39. The van der Waals surface area contributed by atoms with E-state index < -0.39 is 0 Å². The lowest BCUT2D eigenvalue weighted by molar-refractivity contribution is -0.140. The average molecular weight is 228 g/mol. The minimum atomic E-state index is -0.139. The third-order valence-corrected chi connectivity index (χ3v) is 3.39. The molecule has 2 unspecified atom stereocenters. The maximum Gasteiger partial charge on any atom is 0.236 e. The zero-order chi connectivity index (χ0) is 11.5. The first-order chi connectivity index (χ1) is 7.70. The fraction of sp³-hybridized carbons (Fsp3) is 0.909. The third-order valence-electron chi connectivity index (χ3n) is 3.39. The molecule has 2 saturated heterocycles. The van der Waals surface area contributed by atoms with Crippen LogP contribution in [0.15, 0.2) is 0 Å². The molecule has 0 saturated carbocycles. The van der Waals surface area contributed by atoms with Crippen molar-refractivity contribution in [2.45, 2.75) is 25.5 Å². The Morgan fingerprint density at radius 3 is 2.81 bits per heavy atom. The van der Waals surface area contributed by atoms with Gasteiger partial charge in [0.05, 0.1) is 25.9 Å². The predicted molar refractivity (Wildman–Crippen MR) is 59.1 cm³/mol. The summed E-state index contributed by atoms with van der Waals surface area (Å²) < 4.78 is 5.44. The van der Waals surface area contributed by atoms with Crippen LogP contribution in [0.4, 0.5) is 0 Å². The van der Waals surface area contributed by atoms with Crippen LogP contribution in [-0.4, -0.2) is 72.4 Å². The van der Waals surface area contributed by atoms with E-state index in [1.807, 2.05) is 4.90 Å². The molecule has 2 atom stereocenters. The zero-order valence-electron chi connectivity index (χ0n) is 9.76. The highest BCUT2D eigenvalue weighted by atomic mass is 16.5. The molecular formula is C11H20N2O3. The van der Waals surface area contributed by atoms with Crippen LogP contribution in [0, 0.1) is 0 Å². The molecule has 0 aliphatic carbocycles. The maximum atomic E-state index is 11.8. The van der Waals surface area contributed by atoms with Crippen LogP contribution in [-0.2, 0) is 9.53 Å². The fourth-order valence-electron chi connectivity index (χ4n) is 2.05. The molecule has 2 aliphatic rings. The van der Waals surface area contributed by atoms with Gasteiger partial charge in [0.15, 0.2) is 0 Å². The minimum Gasteiger partial charge on any atom is -0.394 e. The second-order valence-electron chi connectivity index (χ2n) is 4.65. The van der Waals surface area contributed by atoms with Crippen LogP contribution in [0.5, 0.6) is 0 Å². The van der Waals surface area contributed by atoms with E-state index in [9.17, 15) is 4.79 Å². The number of amides is 1. The Bertz CT molecular complexity index is 256. The third kappa shape index (κ3) is 2.53. The fourth-order valence-corrected chi connectivity index (χ4v) is 2.05. The molecule has 2 rings (SSSR count). The van der Waals surface area contributed by atoms with Crippen molar-refractivity contribution in [3.05, 3.63) is 0 Å². The first-order valence-corrected chi connectivity index (χ1v) is 5.95. The maximum absolute atomic E-state index is 11.8. The second kappa shape index (κ2) is 5.12. The highest BCUT2D eigenvalue weighted by Gasteiger charge is 2.29. The van der Waals surface area contributed by atoms with Crippen molar-refractivity contribution in [3.63, 3.8) is 0 Å². The molecule has 0 spiro atoms. The van der Waals surface area contributed by atoms with Gasteiger partial charge in [0.2, 0.25) is 5.91 Å². The van der Waals surface area contributed by atoms with Crippen molar-refractivity contribution in [3.8, 4) is 0 Å². The largest absolute Gasteiger partial charge is 0.394 e. The number of rotatable bonds is 3. The summed E-state index contributed by atoms with van der Waals surface area (Å²) in [7, 11) is 0. The standard InChI is InChI=1S/C11H20N2O3/c1-9-8-16-10(7-14)5-13(9)6-11(15)12-3-2-4-12/h9-10,14H,2-8H2,1H3. The SMILES string of the molecule is CC1COC(CO)CN1CC(=O)N1CCC1. The van der Waals surface area contributed by atoms with E-state index in [2.05, 4.69) is 11.8 Å². The van der Waals surface area contributed by atoms with E-state index in [0.29, 0.717) is 19.7 Å². The van der Waals surface area contributed by atoms with Gasteiger partial charge in [-0.15, -0.1) is 0 Å². The molecule has 0 aromatic rings. The molecule has 5 heteroatoms. The van der Waals surface area contributed by atoms with Crippen molar-refractivity contribution >= 4 is 5.91 Å². The van der Waals surface area contributed by atoms with Crippen LogP contribution in [0.25, 0.3) is 0 Å². The summed E-state index contributed by atoms with van der Waals surface area (Å²) in [6, 6.07) is 0.257. The summed E-state index contributed by atoms with van der Waals surface area (Å²) in [6.45, 7) is 5.59. The lowest BCUT2D eigenvalue weighted by Crippen LogP contribution is -2.54.